The van der Waals surface area contributed by atoms with E-state index in [1.807, 2.05) is 0 Å². The molecule has 0 aromatic heterocycles. The van der Waals surface area contributed by atoms with Crippen molar-refractivity contribution >= 4 is 0 Å². The molecule has 0 bridgehead atoms. The van der Waals surface area contributed by atoms with Crippen LogP contribution in [0.15, 0.2) is 0 Å². The van der Waals surface area contributed by atoms with E-state index in [0.29, 0.717) is 18.2 Å². The monoisotopic (exact) mass is 284 g/mol. The van der Waals surface area contributed by atoms with Gasteiger partial charge in [0.15, 0.2) is 0 Å². The van der Waals surface area contributed by atoms with Gasteiger partial charge in [0.25, 0.3) is 0 Å². The van der Waals surface area contributed by atoms with Crippen LogP contribution in [0, 0.1) is 5.41 Å². The van der Waals surface area contributed by atoms with Crippen LogP contribution in [0.4, 0.5) is 0 Å². The van der Waals surface area contributed by atoms with Crippen LogP contribution in [-0.4, -0.2) is 49.3 Å². The maximum Gasteiger partial charge on any atom is 0.0655 e. The molecule has 3 nitrogen and oxygen atoms in total. The average Bonchev–Trinajstić information content (AvgIpc) is 2.42. The molecule has 0 heterocycles. The first-order valence-electron chi connectivity index (χ1n) is 8.55. The molecule has 0 spiro atoms. The number of rotatable bonds is 10. The second kappa shape index (κ2) is 8.35. The number of ether oxygens (including phenoxy) is 1. The third kappa shape index (κ3) is 4.71. The van der Waals surface area contributed by atoms with Crippen molar-refractivity contribution in [2.75, 3.05) is 26.2 Å². The number of nitrogens with one attached hydrogen (secondary N) is 1. The van der Waals surface area contributed by atoms with Crippen molar-refractivity contribution in [1.82, 2.24) is 10.2 Å². The van der Waals surface area contributed by atoms with E-state index in [0.717, 1.165) is 6.61 Å². The lowest BCUT2D eigenvalue weighted by Crippen LogP contribution is -2.62. The lowest BCUT2D eigenvalue weighted by Gasteiger charge is -2.52. The molecule has 20 heavy (non-hydrogen) atoms. The van der Waals surface area contributed by atoms with Crippen molar-refractivity contribution in [3.8, 4) is 0 Å². The van der Waals surface area contributed by atoms with Gasteiger partial charge in [-0.1, -0.05) is 27.7 Å². The van der Waals surface area contributed by atoms with Gasteiger partial charge in [-0.05, 0) is 52.7 Å². The Morgan fingerprint density at radius 1 is 1.25 bits per heavy atom. The third-order valence-electron chi connectivity index (χ3n) is 5.04. The van der Waals surface area contributed by atoms with E-state index in [1.165, 1.54) is 38.9 Å². The minimum Gasteiger partial charge on any atom is -0.378 e. The van der Waals surface area contributed by atoms with Crippen molar-refractivity contribution in [3.63, 3.8) is 0 Å². The van der Waals surface area contributed by atoms with Gasteiger partial charge in [0.1, 0.15) is 0 Å². The summed E-state index contributed by atoms with van der Waals surface area (Å²) in [4.78, 5) is 2.51. The quantitative estimate of drug-likeness (QED) is 0.666. The van der Waals surface area contributed by atoms with E-state index < -0.39 is 0 Å². The molecule has 0 aliphatic heterocycles. The Hall–Kier alpha value is -0.120. The maximum atomic E-state index is 5.80. The van der Waals surface area contributed by atoms with Crippen molar-refractivity contribution in [2.45, 2.75) is 79.0 Å². The van der Waals surface area contributed by atoms with Crippen molar-refractivity contribution in [3.05, 3.63) is 0 Å². The Bertz CT molecular complexity index is 264. The lowest BCUT2D eigenvalue weighted by molar-refractivity contribution is -0.116. The molecule has 0 aromatic rings. The Kier molecular flexibility index (Phi) is 7.49. The first-order chi connectivity index (χ1) is 9.45. The Morgan fingerprint density at radius 3 is 2.40 bits per heavy atom. The highest BCUT2D eigenvalue weighted by Crippen LogP contribution is 2.43. The summed E-state index contributed by atoms with van der Waals surface area (Å²) < 4.78 is 5.80. The molecule has 120 valence electrons. The zero-order chi connectivity index (χ0) is 15.2. The fourth-order valence-electron chi connectivity index (χ4n) is 3.24. The summed E-state index contributed by atoms with van der Waals surface area (Å²) in [6.07, 6.45) is 4.16. The summed E-state index contributed by atoms with van der Waals surface area (Å²) in [5, 5.41) is 3.81. The van der Waals surface area contributed by atoms with E-state index in [-0.39, 0.29) is 5.41 Å². The summed E-state index contributed by atoms with van der Waals surface area (Å²) in [6, 6.07) is 1.22. The highest BCUT2D eigenvalue weighted by atomic mass is 16.5. The van der Waals surface area contributed by atoms with Gasteiger partial charge in [0.2, 0.25) is 0 Å². The second-order valence-corrected chi connectivity index (χ2v) is 6.79. The molecule has 0 saturated heterocycles. The van der Waals surface area contributed by atoms with Crippen LogP contribution >= 0.6 is 0 Å². The Morgan fingerprint density at radius 2 is 1.90 bits per heavy atom. The minimum absolute atomic E-state index is 0.281. The summed E-state index contributed by atoms with van der Waals surface area (Å²) >= 11 is 0. The number of hydrogen-bond donors (Lipinski definition) is 1. The van der Waals surface area contributed by atoms with Crippen molar-refractivity contribution in [2.24, 2.45) is 5.41 Å². The zero-order valence-corrected chi connectivity index (χ0v) is 14.5. The van der Waals surface area contributed by atoms with E-state index in [2.05, 4.69) is 51.8 Å². The normalized spacial score (nSPS) is 26.6. The van der Waals surface area contributed by atoms with Crippen LogP contribution in [0.2, 0.25) is 0 Å². The standard InChI is InChI=1S/C17H36N2O/c1-7-19(8-2)12-10-11-14(4)18-15-13-16(20-9-3)17(15,5)6/h14-16,18H,7-13H2,1-6H3. The highest BCUT2D eigenvalue weighted by Gasteiger charge is 2.48. The highest BCUT2D eigenvalue weighted by molar-refractivity contribution is 5.03. The van der Waals surface area contributed by atoms with Crippen molar-refractivity contribution < 1.29 is 4.74 Å². The van der Waals surface area contributed by atoms with Crippen LogP contribution in [0.3, 0.4) is 0 Å². The summed E-state index contributed by atoms with van der Waals surface area (Å²) in [5.74, 6) is 0. The molecule has 3 atom stereocenters. The average molecular weight is 284 g/mol. The molecular formula is C17H36N2O. The Balaban J connectivity index is 2.22. The zero-order valence-electron chi connectivity index (χ0n) is 14.5. The molecule has 1 aliphatic carbocycles. The topological polar surface area (TPSA) is 24.5 Å². The molecule has 1 rings (SSSR count). The van der Waals surface area contributed by atoms with Crippen LogP contribution in [-0.2, 0) is 4.74 Å². The van der Waals surface area contributed by atoms with Gasteiger partial charge in [-0.15, -0.1) is 0 Å². The van der Waals surface area contributed by atoms with E-state index in [9.17, 15) is 0 Å². The fourth-order valence-corrected chi connectivity index (χ4v) is 3.24. The van der Waals surface area contributed by atoms with Crippen LogP contribution in [0.1, 0.15) is 60.8 Å². The minimum atomic E-state index is 0.281. The van der Waals surface area contributed by atoms with Gasteiger partial charge in [-0.2, -0.15) is 0 Å². The largest absolute Gasteiger partial charge is 0.378 e. The van der Waals surface area contributed by atoms with Gasteiger partial charge in [0, 0.05) is 24.1 Å². The second-order valence-electron chi connectivity index (χ2n) is 6.79. The SMILES string of the molecule is CCOC1CC(NC(C)CCCN(CC)CC)C1(C)C. The summed E-state index contributed by atoms with van der Waals surface area (Å²) in [6.45, 7) is 18.0. The number of nitrogens with zero attached hydrogens (tertiary/aromatic N) is 1. The predicted molar refractivity (Wildman–Crippen MR) is 87.2 cm³/mol. The van der Waals surface area contributed by atoms with Gasteiger partial charge in [-0.25, -0.2) is 0 Å². The Labute approximate surface area is 126 Å². The first-order valence-corrected chi connectivity index (χ1v) is 8.55. The van der Waals surface area contributed by atoms with E-state index in [4.69, 9.17) is 4.74 Å². The molecule has 1 N–H and O–H groups in total. The molecule has 1 fully saturated rings. The van der Waals surface area contributed by atoms with Gasteiger partial charge in [0.05, 0.1) is 6.10 Å². The molecule has 1 saturated carbocycles. The smallest absolute Gasteiger partial charge is 0.0655 e. The molecule has 0 amide bonds. The fraction of sp³-hybridized carbons (Fsp3) is 1.00. The molecule has 3 unspecified atom stereocenters. The van der Waals surface area contributed by atoms with E-state index in [1.54, 1.807) is 0 Å². The summed E-state index contributed by atoms with van der Waals surface area (Å²) in [5.41, 5.74) is 0.281. The third-order valence-corrected chi connectivity index (χ3v) is 5.04. The lowest BCUT2D eigenvalue weighted by atomic mass is 9.64. The molecule has 3 heteroatoms. The maximum absolute atomic E-state index is 5.80. The first kappa shape index (κ1) is 17.9. The van der Waals surface area contributed by atoms with E-state index >= 15 is 0 Å². The van der Waals surface area contributed by atoms with Gasteiger partial charge in [-0.3, -0.25) is 0 Å². The van der Waals surface area contributed by atoms with Gasteiger partial charge < -0.3 is 15.0 Å². The van der Waals surface area contributed by atoms with Crippen LogP contribution < -0.4 is 5.32 Å². The molecule has 1 aliphatic rings. The van der Waals surface area contributed by atoms with Gasteiger partial charge >= 0.3 is 0 Å². The molecule has 0 aromatic carbocycles. The van der Waals surface area contributed by atoms with Crippen LogP contribution in [0.25, 0.3) is 0 Å². The molecule has 0 radical (unpaired) electrons. The predicted octanol–water partition coefficient (Wildman–Crippen LogP) is 3.29. The summed E-state index contributed by atoms with van der Waals surface area (Å²) in [7, 11) is 0. The number of hydrogen-bond acceptors (Lipinski definition) is 3. The van der Waals surface area contributed by atoms with Crippen LogP contribution in [0.5, 0.6) is 0 Å². The van der Waals surface area contributed by atoms with Crippen molar-refractivity contribution in [1.29, 1.82) is 0 Å². The molecular weight excluding hydrogens is 248 g/mol.